The van der Waals surface area contributed by atoms with Crippen molar-refractivity contribution in [1.29, 1.82) is 0 Å². The van der Waals surface area contributed by atoms with Gasteiger partial charge in [0.05, 0.1) is 11.6 Å². The number of hydrogen-bond acceptors (Lipinski definition) is 5. The highest BCUT2D eigenvalue weighted by atomic mass is 16.6. The topological polar surface area (TPSA) is 74.6 Å². The molecule has 3 aliphatic rings. The van der Waals surface area contributed by atoms with Gasteiger partial charge in [0.25, 0.3) is 0 Å². The Balaban J connectivity index is 0.000000130. The fourth-order valence-corrected chi connectivity index (χ4v) is 3.83. The number of aromatic nitrogens is 1. The van der Waals surface area contributed by atoms with Crippen LogP contribution in [0.2, 0.25) is 0 Å². The van der Waals surface area contributed by atoms with Gasteiger partial charge in [-0.2, -0.15) is 0 Å². The highest BCUT2D eigenvalue weighted by Gasteiger charge is 2.37. The van der Waals surface area contributed by atoms with Crippen LogP contribution >= 0.6 is 0 Å². The molecule has 2 aliphatic heterocycles. The lowest BCUT2D eigenvalue weighted by Crippen LogP contribution is -2.08. The maximum atomic E-state index is 9.32. The molecule has 1 aromatic carbocycles. The van der Waals surface area contributed by atoms with Crippen LogP contribution in [0.15, 0.2) is 24.3 Å². The van der Waals surface area contributed by atoms with E-state index in [-0.39, 0.29) is 5.75 Å². The van der Waals surface area contributed by atoms with Crippen LogP contribution in [0.1, 0.15) is 31.2 Å². The standard InChI is InChI=1S/C11H10N2O.C7H12O2/c14-9-2-1-7-5-8-3-4-12-11(8)13-10(7)6-9;8-7-4-5-2-1-3-6(5)9-7/h1-2,5-6,14H,3-4H2,(H,12,13);5-8H,1-4H2. The second-order valence-electron chi connectivity index (χ2n) is 6.61. The number of phenols is 1. The van der Waals surface area contributed by atoms with E-state index in [4.69, 9.17) is 9.84 Å². The number of ether oxygens (including phenoxy) is 1. The van der Waals surface area contributed by atoms with Gasteiger partial charge in [0.2, 0.25) is 0 Å². The number of nitrogens with one attached hydrogen (secondary N) is 1. The maximum absolute atomic E-state index is 9.32. The van der Waals surface area contributed by atoms with E-state index in [2.05, 4.69) is 16.4 Å². The van der Waals surface area contributed by atoms with Crippen LogP contribution in [0.4, 0.5) is 5.82 Å². The Labute approximate surface area is 135 Å². The SMILES string of the molecule is OC1CC2CCCC2O1.Oc1ccc2cc3c(nc2c1)NCC3. The molecular formula is C18H22N2O3. The highest BCUT2D eigenvalue weighted by Crippen LogP contribution is 2.37. The van der Waals surface area contributed by atoms with Crippen molar-refractivity contribution in [2.75, 3.05) is 11.9 Å². The van der Waals surface area contributed by atoms with E-state index < -0.39 is 6.29 Å². The summed E-state index contributed by atoms with van der Waals surface area (Å²) in [6.07, 6.45) is 5.61. The molecule has 0 spiro atoms. The average Bonchev–Trinajstić information content (AvgIpc) is 3.20. The predicted octanol–water partition coefficient (Wildman–Crippen LogP) is 2.80. The molecule has 0 amide bonds. The number of benzene rings is 1. The largest absolute Gasteiger partial charge is 0.508 e. The molecule has 3 unspecified atom stereocenters. The quantitative estimate of drug-likeness (QED) is 0.697. The molecule has 0 bridgehead atoms. The molecule has 122 valence electrons. The minimum absolute atomic E-state index is 0.267. The van der Waals surface area contributed by atoms with Crippen LogP contribution in [-0.4, -0.2) is 34.1 Å². The molecule has 3 heterocycles. The summed E-state index contributed by atoms with van der Waals surface area (Å²) in [7, 11) is 0. The third-order valence-corrected chi connectivity index (χ3v) is 4.99. The van der Waals surface area contributed by atoms with Crippen molar-refractivity contribution in [3.63, 3.8) is 0 Å². The zero-order valence-electron chi connectivity index (χ0n) is 13.0. The molecule has 5 nitrogen and oxygen atoms in total. The lowest BCUT2D eigenvalue weighted by atomic mass is 10.1. The van der Waals surface area contributed by atoms with E-state index in [1.807, 2.05) is 6.07 Å². The molecule has 1 aliphatic carbocycles. The third kappa shape index (κ3) is 2.99. The number of rotatable bonds is 0. The van der Waals surface area contributed by atoms with Crippen molar-refractivity contribution in [1.82, 2.24) is 4.98 Å². The molecule has 3 atom stereocenters. The summed E-state index contributed by atoms with van der Waals surface area (Å²) in [5, 5.41) is 22.6. The molecule has 1 aromatic heterocycles. The lowest BCUT2D eigenvalue weighted by molar-refractivity contribution is -0.0906. The number of nitrogens with zero attached hydrogens (tertiary/aromatic N) is 1. The van der Waals surface area contributed by atoms with Gasteiger partial charge in [-0.1, -0.05) is 6.42 Å². The van der Waals surface area contributed by atoms with Gasteiger partial charge in [0.1, 0.15) is 11.6 Å². The first kappa shape index (κ1) is 14.7. The molecule has 5 heteroatoms. The number of pyridine rings is 1. The lowest BCUT2D eigenvalue weighted by Gasteiger charge is -2.05. The van der Waals surface area contributed by atoms with E-state index in [1.165, 1.54) is 24.8 Å². The van der Waals surface area contributed by atoms with Gasteiger partial charge in [-0.3, -0.25) is 0 Å². The number of hydrogen-bond donors (Lipinski definition) is 3. The van der Waals surface area contributed by atoms with Gasteiger partial charge in [-0.05, 0) is 48.9 Å². The number of aromatic hydroxyl groups is 1. The van der Waals surface area contributed by atoms with Gasteiger partial charge in [-0.25, -0.2) is 4.98 Å². The maximum Gasteiger partial charge on any atom is 0.155 e. The summed E-state index contributed by atoms with van der Waals surface area (Å²) < 4.78 is 5.24. The summed E-state index contributed by atoms with van der Waals surface area (Å²) in [5.74, 6) is 1.91. The summed E-state index contributed by atoms with van der Waals surface area (Å²) in [5.41, 5.74) is 2.11. The third-order valence-electron chi connectivity index (χ3n) is 4.99. The summed E-state index contributed by atoms with van der Waals surface area (Å²) >= 11 is 0. The number of aliphatic hydroxyl groups excluding tert-OH is 1. The summed E-state index contributed by atoms with van der Waals surface area (Å²) in [4.78, 5) is 4.45. The molecule has 3 N–H and O–H groups in total. The molecule has 1 saturated carbocycles. The summed E-state index contributed by atoms with van der Waals surface area (Å²) in [6.45, 7) is 0.963. The minimum atomic E-state index is -0.444. The Bertz CT molecular complexity index is 707. The molecule has 1 saturated heterocycles. The summed E-state index contributed by atoms with van der Waals surface area (Å²) in [6, 6.07) is 7.42. The minimum Gasteiger partial charge on any atom is -0.508 e. The second kappa shape index (κ2) is 5.98. The van der Waals surface area contributed by atoms with Gasteiger partial charge in [-0.15, -0.1) is 0 Å². The van der Waals surface area contributed by atoms with E-state index in [0.717, 1.165) is 36.1 Å². The zero-order chi connectivity index (χ0) is 15.8. The van der Waals surface area contributed by atoms with Crippen molar-refractivity contribution in [2.45, 2.75) is 44.5 Å². The van der Waals surface area contributed by atoms with Gasteiger partial charge in [0, 0.05) is 24.4 Å². The normalized spacial score (nSPS) is 28.0. The van der Waals surface area contributed by atoms with Crippen molar-refractivity contribution in [2.24, 2.45) is 5.92 Å². The van der Waals surface area contributed by atoms with Crippen LogP contribution < -0.4 is 5.32 Å². The molecular weight excluding hydrogens is 292 g/mol. The predicted molar refractivity (Wildman–Crippen MR) is 88.4 cm³/mol. The van der Waals surface area contributed by atoms with Crippen molar-refractivity contribution >= 4 is 16.7 Å². The number of anilines is 1. The zero-order valence-corrected chi connectivity index (χ0v) is 13.0. The fourth-order valence-electron chi connectivity index (χ4n) is 3.83. The Hall–Kier alpha value is -1.85. The Morgan fingerprint density at radius 2 is 2.13 bits per heavy atom. The Kier molecular flexibility index (Phi) is 3.83. The van der Waals surface area contributed by atoms with Crippen LogP contribution in [0.5, 0.6) is 5.75 Å². The number of fused-ring (bicyclic) bond motifs is 3. The van der Waals surface area contributed by atoms with Crippen LogP contribution in [0, 0.1) is 5.92 Å². The van der Waals surface area contributed by atoms with E-state index in [0.29, 0.717) is 12.0 Å². The van der Waals surface area contributed by atoms with Crippen LogP contribution in [-0.2, 0) is 11.2 Å². The van der Waals surface area contributed by atoms with Gasteiger partial charge < -0.3 is 20.3 Å². The number of aliphatic hydroxyl groups is 1. The van der Waals surface area contributed by atoms with Gasteiger partial charge >= 0.3 is 0 Å². The van der Waals surface area contributed by atoms with E-state index in [9.17, 15) is 5.11 Å². The Morgan fingerprint density at radius 3 is 3.00 bits per heavy atom. The van der Waals surface area contributed by atoms with Crippen molar-refractivity contribution < 1.29 is 14.9 Å². The van der Waals surface area contributed by atoms with Crippen LogP contribution in [0.3, 0.4) is 0 Å². The molecule has 2 aromatic rings. The van der Waals surface area contributed by atoms with E-state index >= 15 is 0 Å². The molecule has 5 rings (SSSR count). The smallest absolute Gasteiger partial charge is 0.155 e. The highest BCUT2D eigenvalue weighted by molar-refractivity contribution is 5.83. The van der Waals surface area contributed by atoms with Crippen molar-refractivity contribution in [3.05, 3.63) is 29.8 Å². The van der Waals surface area contributed by atoms with Crippen molar-refractivity contribution in [3.8, 4) is 5.75 Å². The fraction of sp³-hybridized carbons (Fsp3) is 0.500. The Morgan fingerprint density at radius 1 is 1.22 bits per heavy atom. The molecule has 0 radical (unpaired) electrons. The average molecular weight is 314 g/mol. The molecule has 2 fully saturated rings. The second-order valence-corrected chi connectivity index (χ2v) is 6.61. The van der Waals surface area contributed by atoms with Crippen LogP contribution in [0.25, 0.3) is 10.9 Å². The molecule has 23 heavy (non-hydrogen) atoms. The van der Waals surface area contributed by atoms with Gasteiger partial charge in [0.15, 0.2) is 6.29 Å². The monoisotopic (exact) mass is 314 g/mol. The van der Waals surface area contributed by atoms with E-state index in [1.54, 1.807) is 12.1 Å². The first-order valence-electron chi connectivity index (χ1n) is 8.39. The first-order valence-corrected chi connectivity index (χ1v) is 8.39. The first-order chi connectivity index (χ1) is 11.2. The number of phenolic OH excluding ortho intramolecular Hbond substituents is 1.